The molecule has 0 saturated heterocycles. The molecule has 1 aromatic heterocycles. The first-order valence-electron chi connectivity index (χ1n) is 2.92. The van der Waals surface area contributed by atoms with Crippen LogP contribution in [0.15, 0.2) is 29.4 Å². The van der Waals surface area contributed by atoms with Gasteiger partial charge >= 0.3 is 0 Å². The zero-order valence-electron chi connectivity index (χ0n) is 5.61. The molecule has 52 valence electrons. The molecular formula is C8H4N2O. The molecule has 0 fully saturated rings. The van der Waals surface area contributed by atoms with E-state index in [0.29, 0.717) is 5.69 Å². The third-order valence-corrected chi connectivity index (χ3v) is 0.950. The lowest BCUT2D eigenvalue weighted by molar-refractivity contribution is 0.565. The van der Waals surface area contributed by atoms with E-state index in [2.05, 4.69) is 21.9 Å². The van der Waals surface area contributed by atoms with Crippen LogP contribution in [0.5, 0.6) is 0 Å². The van der Waals surface area contributed by atoms with Gasteiger partial charge in [0.25, 0.3) is 0 Å². The Bertz CT molecular complexity index is 328. The third-order valence-electron chi connectivity index (χ3n) is 0.950. The number of pyridine rings is 1. The van der Waals surface area contributed by atoms with Crippen molar-refractivity contribution in [2.24, 2.45) is 4.99 Å². The van der Waals surface area contributed by atoms with E-state index in [-0.39, 0.29) is 0 Å². The summed E-state index contributed by atoms with van der Waals surface area (Å²) >= 11 is 0. The molecule has 0 aliphatic rings. The van der Waals surface area contributed by atoms with E-state index in [4.69, 9.17) is 0 Å². The molecule has 0 atom stereocenters. The first-order valence-corrected chi connectivity index (χ1v) is 2.92. The molecule has 0 spiro atoms. The van der Waals surface area contributed by atoms with Crippen LogP contribution in [-0.4, -0.2) is 11.1 Å². The maximum absolute atomic E-state index is 9.58. The predicted molar refractivity (Wildman–Crippen MR) is 39.2 cm³/mol. The molecular weight excluding hydrogens is 140 g/mol. The number of carbonyl (C=O) groups excluding carboxylic acids is 1. The largest absolute Gasteiger partial charge is 0.249 e. The van der Waals surface area contributed by atoms with Crippen molar-refractivity contribution >= 4 is 6.08 Å². The van der Waals surface area contributed by atoms with Gasteiger partial charge in [-0.25, -0.2) is 9.78 Å². The fraction of sp³-hybridized carbons (Fsp3) is 0. The van der Waals surface area contributed by atoms with Gasteiger partial charge in [-0.05, 0) is 18.1 Å². The Morgan fingerprint density at radius 1 is 1.45 bits per heavy atom. The van der Waals surface area contributed by atoms with E-state index in [1.165, 1.54) is 6.08 Å². The first-order chi connectivity index (χ1) is 5.43. The molecule has 0 amide bonds. The highest BCUT2D eigenvalue weighted by Gasteiger charge is 1.80. The molecule has 1 rings (SSSR count). The van der Waals surface area contributed by atoms with Gasteiger partial charge in [0.1, 0.15) is 5.69 Å². The molecule has 3 heteroatoms. The van der Waals surface area contributed by atoms with Gasteiger partial charge in [-0.15, -0.1) is 4.99 Å². The average molecular weight is 144 g/mol. The van der Waals surface area contributed by atoms with Crippen LogP contribution in [0.3, 0.4) is 0 Å². The maximum atomic E-state index is 9.58. The van der Waals surface area contributed by atoms with Crippen molar-refractivity contribution in [3.05, 3.63) is 30.1 Å². The molecule has 1 heterocycles. The Hall–Kier alpha value is -1.91. The van der Waals surface area contributed by atoms with Crippen LogP contribution in [0.2, 0.25) is 0 Å². The molecule has 0 saturated carbocycles. The van der Waals surface area contributed by atoms with Gasteiger partial charge in [0.05, 0.1) is 6.04 Å². The second-order valence-electron chi connectivity index (χ2n) is 1.65. The Balaban J connectivity index is 2.82. The standard InChI is InChI=1S/C8H4N2O/c11-7-9-6-4-8-3-1-2-5-10-8/h1-3,5H. The van der Waals surface area contributed by atoms with Crippen molar-refractivity contribution in [3.63, 3.8) is 0 Å². The number of aliphatic imine (C=N–C) groups is 1. The quantitative estimate of drug-likeness (QED) is 0.306. The van der Waals surface area contributed by atoms with Gasteiger partial charge in [0.2, 0.25) is 6.08 Å². The second kappa shape index (κ2) is 3.99. The van der Waals surface area contributed by atoms with E-state index in [0.717, 1.165) is 0 Å². The van der Waals surface area contributed by atoms with Crippen molar-refractivity contribution in [1.82, 2.24) is 4.98 Å². The highest BCUT2D eigenvalue weighted by atomic mass is 16.1. The van der Waals surface area contributed by atoms with Crippen LogP contribution in [0, 0.1) is 12.0 Å². The van der Waals surface area contributed by atoms with Gasteiger partial charge in [-0.2, -0.15) is 0 Å². The van der Waals surface area contributed by atoms with Crippen LogP contribution in [0.25, 0.3) is 0 Å². The summed E-state index contributed by atoms with van der Waals surface area (Å²) in [4.78, 5) is 16.5. The Labute approximate surface area is 63.8 Å². The molecule has 11 heavy (non-hydrogen) atoms. The van der Waals surface area contributed by atoms with E-state index < -0.39 is 0 Å². The van der Waals surface area contributed by atoms with Crippen LogP contribution in [0.4, 0.5) is 0 Å². The minimum absolute atomic E-state index is 0.589. The molecule has 0 radical (unpaired) electrons. The lowest BCUT2D eigenvalue weighted by Gasteiger charge is -1.82. The summed E-state index contributed by atoms with van der Waals surface area (Å²) in [6, 6.07) is 7.56. The summed E-state index contributed by atoms with van der Waals surface area (Å²) in [5.41, 5.74) is 0.589. The van der Waals surface area contributed by atoms with E-state index in [1.54, 1.807) is 18.3 Å². The molecule has 0 unspecified atom stereocenters. The summed E-state index contributed by atoms with van der Waals surface area (Å²) < 4.78 is 0. The van der Waals surface area contributed by atoms with Crippen LogP contribution >= 0.6 is 0 Å². The van der Waals surface area contributed by atoms with Crippen molar-refractivity contribution in [2.45, 2.75) is 0 Å². The Morgan fingerprint density at radius 2 is 2.36 bits per heavy atom. The zero-order valence-corrected chi connectivity index (χ0v) is 5.61. The summed E-state index contributed by atoms with van der Waals surface area (Å²) in [6.07, 6.45) is 2.93. The number of hydrogen-bond acceptors (Lipinski definition) is 3. The van der Waals surface area contributed by atoms with E-state index in [9.17, 15) is 4.79 Å². The van der Waals surface area contributed by atoms with Gasteiger partial charge in [-0.3, -0.25) is 0 Å². The highest BCUT2D eigenvalue weighted by molar-refractivity contribution is 5.38. The predicted octanol–water partition coefficient (Wildman–Crippen LogP) is 0.726. The summed E-state index contributed by atoms with van der Waals surface area (Å²) in [5, 5.41) is 0. The van der Waals surface area contributed by atoms with Crippen LogP contribution in [0.1, 0.15) is 5.69 Å². The fourth-order valence-electron chi connectivity index (χ4n) is 0.545. The lowest BCUT2D eigenvalue weighted by Crippen LogP contribution is -1.76. The van der Waals surface area contributed by atoms with Gasteiger partial charge in [0, 0.05) is 6.20 Å². The molecule has 0 aliphatic carbocycles. The zero-order chi connectivity index (χ0) is 7.94. The number of rotatable bonds is 0. The van der Waals surface area contributed by atoms with Crippen LogP contribution in [-0.2, 0) is 4.79 Å². The smallest absolute Gasteiger partial charge is 0.248 e. The first kappa shape index (κ1) is 7.20. The minimum atomic E-state index is 0.589. The summed E-state index contributed by atoms with van der Waals surface area (Å²) in [7, 11) is 0. The Kier molecular flexibility index (Phi) is 2.61. The molecule has 0 bridgehead atoms. The monoisotopic (exact) mass is 144 g/mol. The van der Waals surface area contributed by atoms with Crippen molar-refractivity contribution in [1.29, 1.82) is 0 Å². The number of nitrogens with zero attached hydrogens (tertiary/aromatic N) is 2. The van der Waals surface area contributed by atoms with E-state index >= 15 is 0 Å². The van der Waals surface area contributed by atoms with Crippen LogP contribution < -0.4 is 0 Å². The normalized spacial score (nSPS) is 7.27. The summed E-state index contributed by atoms with van der Waals surface area (Å²) in [5.74, 6) is 2.56. The lowest BCUT2D eigenvalue weighted by atomic mass is 10.4. The minimum Gasteiger partial charge on any atom is -0.248 e. The average Bonchev–Trinajstić information content (AvgIpc) is 2.07. The number of hydrogen-bond donors (Lipinski definition) is 0. The molecule has 3 nitrogen and oxygen atoms in total. The van der Waals surface area contributed by atoms with E-state index in [1.807, 2.05) is 6.07 Å². The second-order valence-corrected chi connectivity index (χ2v) is 1.65. The number of aromatic nitrogens is 1. The van der Waals surface area contributed by atoms with Crippen molar-refractivity contribution in [3.8, 4) is 12.0 Å². The topological polar surface area (TPSA) is 42.3 Å². The fourth-order valence-corrected chi connectivity index (χ4v) is 0.545. The molecule has 1 aromatic rings. The van der Waals surface area contributed by atoms with Gasteiger partial charge in [0.15, 0.2) is 0 Å². The highest BCUT2D eigenvalue weighted by Crippen LogP contribution is 1.88. The molecule has 0 aromatic carbocycles. The maximum Gasteiger partial charge on any atom is 0.249 e. The van der Waals surface area contributed by atoms with Crippen molar-refractivity contribution < 1.29 is 4.79 Å². The van der Waals surface area contributed by atoms with Gasteiger partial charge in [-0.1, -0.05) is 6.07 Å². The van der Waals surface area contributed by atoms with Gasteiger partial charge < -0.3 is 0 Å². The SMILES string of the molecule is O=C=NC#Cc1ccccn1. The molecule has 0 aliphatic heterocycles. The molecule has 0 N–H and O–H groups in total. The summed E-state index contributed by atoms with van der Waals surface area (Å²) in [6.45, 7) is 0. The number of isocyanates is 1. The Morgan fingerprint density at radius 3 is 3.00 bits per heavy atom. The van der Waals surface area contributed by atoms with Crippen molar-refractivity contribution in [2.75, 3.05) is 0 Å². The third kappa shape index (κ3) is 2.44.